The van der Waals surface area contributed by atoms with Gasteiger partial charge in [-0.25, -0.2) is 19.9 Å². The number of hydrogen-bond acceptors (Lipinski definition) is 8. The van der Waals surface area contributed by atoms with Crippen molar-refractivity contribution in [3.8, 4) is 6.07 Å². The fourth-order valence-corrected chi connectivity index (χ4v) is 3.14. The summed E-state index contributed by atoms with van der Waals surface area (Å²) in [5.41, 5.74) is 1.51. The largest absolute Gasteiger partial charge is 0.353 e. The lowest BCUT2D eigenvalue weighted by Crippen LogP contribution is -2.47. The average Bonchev–Trinajstić information content (AvgIpc) is 2.75. The molecule has 2 aromatic heterocycles. The molecule has 0 saturated carbocycles. The lowest BCUT2D eigenvalue weighted by Gasteiger charge is -2.35. The number of rotatable bonds is 4. The summed E-state index contributed by atoms with van der Waals surface area (Å²) in [5.74, 6) is 3.12. The van der Waals surface area contributed by atoms with Crippen LogP contribution in [0.4, 0.5) is 23.3 Å². The van der Waals surface area contributed by atoms with Crippen LogP contribution in [0.1, 0.15) is 11.4 Å². The van der Waals surface area contributed by atoms with E-state index in [0.29, 0.717) is 11.4 Å². The van der Waals surface area contributed by atoms with E-state index >= 15 is 0 Å². The smallest absolute Gasteiger partial charge is 0.225 e. The molecule has 0 amide bonds. The molecule has 0 aliphatic carbocycles. The van der Waals surface area contributed by atoms with E-state index in [-0.39, 0.29) is 0 Å². The third-order valence-electron chi connectivity index (χ3n) is 4.55. The molecule has 1 N–H and O–H groups in total. The van der Waals surface area contributed by atoms with Crippen molar-refractivity contribution in [1.82, 2.24) is 19.9 Å². The van der Waals surface area contributed by atoms with Gasteiger partial charge in [0, 0.05) is 50.3 Å². The highest BCUT2D eigenvalue weighted by Crippen LogP contribution is 2.22. The van der Waals surface area contributed by atoms with E-state index in [1.54, 1.807) is 24.5 Å². The number of aryl methyl sites for hydroxylation is 1. The van der Waals surface area contributed by atoms with Gasteiger partial charge in [0.15, 0.2) is 0 Å². The maximum absolute atomic E-state index is 8.92. The second-order valence-corrected chi connectivity index (χ2v) is 6.50. The van der Waals surface area contributed by atoms with Crippen LogP contribution in [0.2, 0.25) is 0 Å². The Labute approximate surface area is 163 Å². The number of aromatic nitrogens is 4. The second kappa shape index (κ2) is 7.88. The molecule has 140 valence electrons. The summed E-state index contributed by atoms with van der Waals surface area (Å²) in [6.07, 6.45) is 3.53. The lowest BCUT2D eigenvalue weighted by molar-refractivity contribution is 0.633. The van der Waals surface area contributed by atoms with Gasteiger partial charge in [-0.1, -0.05) is 0 Å². The normalized spacial score (nSPS) is 13.9. The van der Waals surface area contributed by atoms with Gasteiger partial charge in [-0.15, -0.1) is 0 Å². The van der Waals surface area contributed by atoms with Crippen LogP contribution in [-0.2, 0) is 0 Å². The van der Waals surface area contributed by atoms with Gasteiger partial charge in [-0.05, 0) is 37.3 Å². The van der Waals surface area contributed by atoms with E-state index in [4.69, 9.17) is 5.26 Å². The van der Waals surface area contributed by atoms with Crippen molar-refractivity contribution in [2.24, 2.45) is 0 Å². The molecule has 3 aromatic rings. The Morgan fingerprint density at radius 1 is 0.964 bits per heavy atom. The molecule has 3 heterocycles. The van der Waals surface area contributed by atoms with E-state index in [1.165, 1.54) is 0 Å². The van der Waals surface area contributed by atoms with Gasteiger partial charge in [0.1, 0.15) is 17.5 Å². The van der Waals surface area contributed by atoms with Crippen LogP contribution in [0.3, 0.4) is 0 Å². The summed E-state index contributed by atoms with van der Waals surface area (Å²) in [6.45, 7) is 5.24. The molecule has 1 saturated heterocycles. The maximum atomic E-state index is 8.92. The molecule has 0 spiro atoms. The summed E-state index contributed by atoms with van der Waals surface area (Å²) in [7, 11) is 0. The molecule has 1 fully saturated rings. The Morgan fingerprint density at radius 3 is 2.32 bits per heavy atom. The van der Waals surface area contributed by atoms with E-state index in [9.17, 15) is 0 Å². The van der Waals surface area contributed by atoms with Crippen LogP contribution in [0.5, 0.6) is 0 Å². The van der Waals surface area contributed by atoms with E-state index in [1.807, 2.05) is 31.2 Å². The molecule has 4 rings (SSSR count). The molecular weight excluding hydrogens is 352 g/mol. The van der Waals surface area contributed by atoms with E-state index in [2.05, 4.69) is 41.1 Å². The van der Waals surface area contributed by atoms with Gasteiger partial charge in [0.25, 0.3) is 0 Å². The minimum absolute atomic E-state index is 0.630. The fourth-order valence-electron chi connectivity index (χ4n) is 3.14. The monoisotopic (exact) mass is 372 g/mol. The van der Waals surface area contributed by atoms with Gasteiger partial charge in [0.2, 0.25) is 5.95 Å². The third-order valence-corrected chi connectivity index (χ3v) is 4.55. The molecule has 1 aliphatic rings. The highest BCUT2D eigenvalue weighted by atomic mass is 15.3. The van der Waals surface area contributed by atoms with E-state index in [0.717, 1.165) is 49.5 Å². The molecule has 0 bridgehead atoms. The Morgan fingerprint density at radius 2 is 1.64 bits per heavy atom. The van der Waals surface area contributed by atoms with Crippen molar-refractivity contribution >= 4 is 23.3 Å². The molecule has 0 atom stereocenters. The van der Waals surface area contributed by atoms with Gasteiger partial charge in [0.05, 0.1) is 11.6 Å². The van der Waals surface area contributed by atoms with Gasteiger partial charge >= 0.3 is 0 Å². The van der Waals surface area contributed by atoms with Crippen LogP contribution in [0.15, 0.2) is 48.8 Å². The predicted octanol–water partition coefficient (Wildman–Crippen LogP) is 2.52. The quantitative estimate of drug-likeness (QED) is 0.747. The summed E-state index contributed by atoms with van der Waals surface area (Å²) in [4.78, 5) is 22.2. The predicted molar refractivity (Wildman–Crippen MR) is 108 cm³/mol. The SMILES string of the molecule is Cc1nc(Nc2ccc(C#N)cc2)cc(N2CCN(c3ncccn3)CC2)n1. The average molecular weight is 372 g/mol. The Kier molecular flexibility index (Phi) is 4.97. The number of hydrogen-bond donors (Lipinski definition) is 1. The van der Waals surface area contributed by atoms with E-state index < -0.39 is 0 Å². The molecule has 1 aromatic carbocycles. The zero-order valence-corrected chi connectivity index (χ0v) is 15.6. The number of nitriles is 1. The number of nitrogens with zero attached hydrogens (tertiary/aromatic N) is 7. The maximum Gasteiger partial charge on any atom is 0.225 e. The first-order valence-electron chi connectivity index (χ1n) is 9.11. The fraction of sp³-hybridized carbons (Fsp3) is 0.250. The summed E-state index contributed by atoms with van der Waals surface area (Å²) in [6, 6.07) is 13.2. The minimum Gasteiger partial charge on any atom is -0.353 e. The minimum atomic E-state index is 0.630. The van der Waals surface area contributed by atoms with Crippen LogP contribution in [0.25, 0.3) is 0 Å². The molecule has 0 radical (unpaired) electrons. The number of benzene rings is 1. The lowest BCUT2D eigenvalue weighted by atomic mass is 10.2. The molecule has 8 heteroatoms. The van der Waals surface area contributed by atoms with Crippen molar-refractivity contribution < 1.29 is 0 Å². The standard InChI is InChI=1S/C20H20N8/c1-15-24-18(26-17-5-3-16(14-21)4-6-17)13-19(25-15)27-9-11-28(12-10-27)20-22-7-2-8-23-20/h2-8,13H,9-12H2,1H3,(H,24,25,26). The van der Waals surface area contributed by atoms with Crippen LogP contribution < -0.4 is 15.1 Å². The molecule has 28 heavy (non-hydrogen) atoms. The molecule has 1 aliphatic heterocycles. The Bertz CT molecular complexity index is 973. The third kappa shape index (κ3) is 3.99. The van der Waals surface area contributed by atoms with Gasteiger partial charge in [-0.2, -0.15) is 5.26 Å². The van der Waals surface area contributed by atoms with Crippen molar-refractivity contribution in [3.63, 3.8) is 0 Å². The molecule has 8 nitrogen and oxygen atoms in total. The van der Waals surface area contributed by atoms with Crippen molar-refractivity contribution in [3.05, 3.63) is 60.2 Å². The van der Waals surface area contributed by atoms with Crippen molar-refractivity contribution in [2.45, 2.75) is 6.92 Å². The number of piperazine rings is 1. The highest BCUT2D eigenvalue weighted by Gasteiger charge is 2.20. The summed E-state index contributed by atoms with van der Waals surface area (Å²) < 4.78 is 0. The van der Waals surface area contributed by atoms with Crippen LogP contribution in [0, 0.1) is 18.3 Å². The zero-order chi connectivity index (χ0) is 19.3. The van der Waals surface area contributed by atoms with Gasteiger partial charge < -0.3 is 15.1 Å². The topological polar surface area (TPSA) is 93.9 Å². The Hall–Kier alpha value is -3.73. The number of anilines is 4. The first-order chi connectivity index (χ1) is 13.7. The Balaban J connectivity index is 1.46. The zero-order valence-electron chi connectivity index (χ0n) is 15.6. The van der Waals surface area contributed by atoms with Crippen LogP contribution in [-0.4, -0.2) is 46.1 Å². The summed E-state index contributed by atoms with van der Waals surface area (Å²) in [5, 5.41) is 12.2. The first kappa shape index (κ1) is 17.7. The number of nitrogens with one attached hydrogen (secondary N) is 1. The first-order valence-corrected chi connectivity index (χ1v) is 9.11. The molecule has 0 unspecified atom stereocenters. The highest BCUT2D eigenvalue weighted by molar-refractivity contribution is 5.60. The van der Waals surface area contributed by atoms with Crippen molar-refractivity contribution in [1.29, 1.82) is 5.26 Å². The second-order valence-electron chi connectivity index (χ2n) is 6.50. The van der Waals surface area contributed by atoms with Crippen LogP contribution >= 0.6 is 0 Å². The van der Waals surface area contributed by atoms with Gasteiger partial charge in [-0.3, -0.25) is 0 Å². The van der Waals surface area contributed by atoms with Crippen molar-refractivity contribution in [2.75, 3.05) is 41.3 Å². The molecular formula is C20H20N8. The summed E-state index contributed by atoms with van der Waals surface area (Å²) >= 11 is 0.